The summed E-state index contributed by atoms with van der Waals surface area (Å²) in [5.41, 5.74) is 1.25. The van der Waals surface area contributed by atoms with E-state index < -0.39 is 23.9 Å². The van der Waals surface area contributed by atoms with Crippen LogP contribution in [0.25, 0.3) is 5.69 Å². The lowest BCUT2D eigenvalue weighted by Gasteiger charge is -2.17. The average molecular weight is 483 g/mol. The van der Waals surface area contributed by atoms with Crippen LogP contribution in [0.3, 0.4) is 0 Å². The van der Waals surface area contributed by atoms with Crippen LogP contribution in [0, 0.1) is 0 Å². The van der Waals surface area contributed by atoms with Crippen LogP contribution in [-0.4, -0.2) is 58.0 Å². The van der Waals surface area contributed by atoms with Gasteiger partial charge >= 0.3 is 6.36 Å². The minimum atomic E-state index is -4.80. The smallest absolute Gasteiger partial charge is 0.406 e. The van der Waals surface area contributed by atoms with Gasteiger partial charge in [0.2, 0.25) is 11.8 Å². The molecule has 0 saturated heterocycles. The van der Waals surface area contributed by atoms with Crippen LogP contribution in [0.5, 0.6) is 5.75 Å². The Bertz CT molecular complexity index is 1110. The number of ether oxygens (including phenoxy) is 1. The van der Waals surface area contributed by atoms with Gasteiger partial charge in [-0.3, -0.25) is 14.5 Å². The van der Waals surface area contributed by atoms with Gasteiger partial charge in [0, 0.05) is 10.7 Å². The number of nitrogens with zero attached hydrogens (tertiary/aromatic N) is 4. The molecule has 3 aromatic rings. The third-order valence-electron chi connectivity index (χ3n) is 4.10. The highest BCUT2D eigenvalue weighted by molar-refractivity contribution is 6.31. The normalized spacial score (nSPS) is 11.3. The highest BCUT2D eigenvalue weighted by atomic mass is 35.5. The Balaban J connectivity index is 1.53. The summed E-state index contributed by atoms with van der Waals surface area (Å²) in [6.07, 6.45) is -1.98. The van der Waals surface area contributed by atoms with Crippen molar-refractivity contribution in [3.63, 3.8) is 0 Å². The second-order valence-electron chi connectivity index (χ2n) is 6.84. The van der Waals surface area contributed by atoms with E-state index in [4.69, 9.17) is 11.6 Å². The van der Waals surface area contributed by atoms with Crippen molar-refractivity contribution in [2.75, 3.05) is 30.8 Å². The van der Waals surface area contributed by atoms with Crippen LogP contribution in [0.2, 0.25) is 5.02 Å². The Labute approximate surface area is 191 Å². The van der Waals surface area contributed by atoms with Gasteiger partial charge in [0.1, 0.15) is 18.4 Å². The molecule has 2 N–H and O–H groups in total. The molecule has 0 bridgehead atoms. The molecule has 0 aliphatic rings. The van der Waals surface area contributed by atoms with E-state index in [0.29, 0.717) is 16.4 Å². The predicted molar refractivity (Wildman–Crippen MR) is 114 cm³/mol. The topological polar surface area (TPSA) is 101 Å². The van der Waals surface area contributed by atoms with E-state index >= 15 is 0 Å². The van der Waals surface area contributed by atoms with E-state index in [0.717, 1.165) is 12.1 Å². The van der Waals surface area contributed by atoms with Gasteiger partial charge in [0.25, 0.3) is 0 Å². The SMILES string of the molecule is CN(CC(=O)Nc1ccc(OC(F)(F)F)cc1)CC(=O)Nc1cc(Cl)ccc1-n1cncn1. The van der Waals surface area contributed by atoms with Gasteiger partial charge in [0.05, 0.1) is 24.5 Å². The molecule has 0 atom stereocenters. The molecule has 0 saturated carbocycles. The van der Waals surface area contributed by atoms with Crippen LogP contribution in [0.15, 0.2) is 55.1 Å². The number of aromatic nitrogens is 3. The summed E-state index contributed by atoms with van der Waals surface area (Å²) in [4.78, 5) is 30.0. The van der Waals surface area contributed by atoms with Gasteiger partial charge in [-0.2, -0.15) is 5.10 Å². The van der Waals surface area contributed by atoms with Crippen molar-refractivity contribution in [2.45, 2.75) is 6.36 Å². The van der Waals surface area contributed by atoms with E-state index in [-0.39, 0.29) is 18.8 Å². The van der Waals surface area contributed by atoms with E-state index in [1.54, 1.807) is 25.2 Å². The first-order valence-corrected chi connectivity index (χ1v) is 9.75. The highest BCUT2D eigenvalue weighted by Gasteiger charge is 2.31. The monoisotopic (exact) mass is 482 g/mol. The van der Waals surface area contributed by atoms with Gasteiger partial charge in [-0.1, -0.05) is 11.6 Å². The van der Waals surface area contributed by atoms with Gasteiger partial charge in [0.15, 0.2) is 0 Å². The van der Waals surface area contributed by atoms with Crippen molar-refractivity contribution in [1.82, 2.24) is 19.7 Å². The Morgan fingerprint density at radius 1 is 1.09 bits per heavy atom. The number of hydrogen-bond donors (Lipinski definition) is 2. The average Bonchev–Trinajstić information content (AvgIpc) is 3.22. The second kappa shape index (κ2) is 10.3. The standard InChI is InChI=1S/C20H18ClF3N6O3/c1-29(9-18(31)27-14-3-5-15(6-4-14)33-20(22,23)24)10-19(32)28-16-8-13(21)2-7-17(16)30-12-25-11-26-30/h2-8,11-12H,9-10H2,1H3,(H,27,31)(H,28,32). The summed E-state index contributed by atoms with van der Waals surface area (Å²) in [5.74, 6) is -1.26. The fourth-order valence-corrected chi connectivity index (χ4v) is 2.99. The van der Waals surface area contributed by atoms with Crippen LogP contribution in [0.1, 0.15) is 0 Å². The summed E-state index contributed by atoms with van der Waals surface area (Å²) >= 11 is 6.03. The number of halogens is 4. The number of anilines is 2. The van der Waals surface area contributed by atoms with Crippen molar-refractivity contribution in [3.05, 3.63) is 60.1 Å². The molecule has 2 amide bonds. The molecule has 0 spiro atoms. The predicted octanol–water partition coefficient (Wildman–Crippen LogP) is 3.33. The first-order chi connectivity index (χ1) is 15.6. The number of alkyl halides is 3. The molecular formula is C20H18ClF3N6O3. The molecule has 1 aromatic heterocycles. The van der Waals surface area contributed by atoms with Gasteiger partial charge in [-0.15, -0.1) is 13.2 Å². The Morgan fingerprint density at radius 3 is 2.36 bits per heavy atom. The van der Waals surface area contributed by atoms with E-state index in [1.165, 1.54) is 34.4 Å². The third kappa shape index (κ3) is 7.47. The molecular weight excluding hydrogens is 465 g/mol. The maximum absolute atomic E-state index is 12.5. The van der Waals surface area contributed by atoms with Gasteiger partial charge < -0.3 is 15.4 Å². The Hall–Kier alpha value is -3.64. The van der Waals surface area contributed by atoms with Crippen LogP contribution in [-0.2, 0) is 9.59 Å². The third-order valence-corrected chi connectivity index (χ3v) is 4.33. The lowest BCUT2D eigenvalue weighted by atomic mass is 10.2. The van der Waals surface area contributed by atoms with Crippen LogP contribution < -0.4 is 15.4 Å². The van der Waals surface area contributed by atoms with Crippen molar-refractivity contribution in [1.29, 1.82) is 0 Å². The van der Waals surface area contributed by atoms with Crippen molar-refractivity contribution in [3.8, 4) is 11.4 Å². The number of nitrogens with one attached hydrogen (secondary N) is 2. The summed E-state index contributed by atoms with van der Waals surface area (Å²) < 4.78 is 41.9. The summed E-state index contributed by atoms with van der Waals surface area (Å²) in [6.45, 7) is -0.255. The lowest BCUT2D eigenvalue weighted by Crippen LogP contribution is -2.36. The van der Waals surface area contributed by atoms with Crippen LogP contribution >= 0.6 is 11.6 Å². The lowest BCUT2D eigenvalue weighted by molar-refractivity contribution is -0.274. The molecule has 0 aliphatic carbocycles. The molecule has 13 heteroatoms. The number of carbonyl (C=O) groups is 2. The fraction of sp³-hybridized carbons (Fsp3) is 0.200. The first kappa shape index (κ1) is 24.0. The number of carbonyl (C=O) groups excluding carboxylic acids is 2. The minimum Gasteiger partial charge on any atom is -0.406 e. The molecule has 3 rings (SSSR count). The molecule has 0 radical (unpaired) electrons. The number of hydrogen-bond acceptors (Lipinski definition) is 6. The van der Waals surface area contributed by atoms with Crippen LogP contribution in [0.4, 0.5) is 24.5 Å². The number of amides is 2. The molecule has 0 aliphatic heterocycles. The van der Waals surface area contributed by atoms with Gasteiger partial charge in [-0.05, 0) is 49.5 Å². The maximum atomic E-state index is 12.5. The highest BCUT2D eigenvalue weighted by Crippen LogP contribution is 2.25. The number of rotatable bonds is 8. The number of benzene rings is 2. The number of likely N-dealkylation sites (N-methyl/N-ethyl adjacent to an activating group) is 1. The minimum absolute atomic E-state index is 0.116. The largest absolute Gasteiger partial charge is 0.573 e. The molecule has 1 heterocycles. The van der Waals surface area contributed by atoms with Crippen molar-refractivity contribution in [2.24, 2.45) is 0 Å². The maximum Gasteiger partial charge on any atom is 0.573 e. The summed E-state index contributed by atoms with van der Waals surface area (Å²) in [7, 11) is 1.57. The first-order valence-electron chi connectivity index (χ1n) is 9.38. The molecule has 0 unspecified atom stereocenters. The molecule has 2 aromatic carbocycles. The van der Waals surface area contributed by atoms with E-state index in [9.17, 15) is 22.8 Å². The quantitative estimate of drug-likeness (QED) is 0.511. The fourth-order valence-electron chi connectivity index (χ4n) is 2.82. The molecule has 9 nitrogen and oxygen atoms in total. The second-order valence-corrected chi connectivity index (χ2v) is 7.28. The zero-order chi connectivity index (χ0) is 24.0. The Kier molecular flexibility index (Phi) is 7.51. The van der Waals surface area contributed by atoms with Gasteiger partial charge in [-0.25, -0.2) is 9.67 Å². The van der Waals surface area contributed by atoms with Crippen molar-refractivity contribution < 1.29 is 27.5 Å². The Morgan fingerprint density at radius 2 is 1.76 bits per heavy atom. The van der Waals surface area contributed by atoms with Crippen molar-refractivity contribution >= 4 is 34.8 Å². The summed E-state index contributed by atoms with van der Waals surface area (Å²) in [6, 6.07) is 9.60. The van der Waals surface area contributed by atoms with E-state index in [1.807, 2.05) is 0 Å². The summed E-state index contributed by atoms with van der Waals surface area (Å²) in [5, 5.41) is 9.71. The molecule has 174 valence electrons. The molecule has 0 fully saturated rings. The molecule has 33 heavy (non-hydrogen) atoms. The van der Waals surface area contributed by atoms with E-state index in [2.05, 4.69) is 25.5 Å². The zero-order valence-corrected chi connectivity index (χ0v) is 17.9. The zero-order valence-electron chi connectivity index (χ0n) is 17.1.